The van der Waals surface area contributed by atoms with Crippen molar-refractivity contribution in [3.05, 3.63) is 29.1 Å². The zero-order valence-corrected chi connectivity index (χ0v) is 7.23. The zero-order valence-electron chi connectivity index (χ0n) is 7.23. The predicted molar refractivity (Wildman–Crippen MR) is 46.7 cm³/mol. The van der Waals surface area contributed by atoms with Crippen molar-refractivity contribution in [3.63, 3.8) is 0 Å². The first-order valence-electron chi connectivity index (χ1n) is 4.22. The van der Waals surface area contributed by atoms with Crippen LogP contribution in [-0.4, -0.2) is 16.7 Å². The van der Waals surface area contributed by atoms with Crippen LogP contribution in [0.15, 0.2) is 12.4 Å². The fraction of sp³-hybridized carbons (Fsp3) is 0.444. The third kappa shape index (κ3) is 1.44. The Morgan fingerprint density at radius 3 is 3.15 bits per heavy atom. The second-order valence-corrected chi connectivity index (χ2v) is 3.15. The van der Waals surface area contributed by atoms with Crippen LogP contribution in [0.2, 0.25) is 0 Å². The van der Waals surface area contributed by atoms with E-state index in [1.807, 2.05) is 0 Å². The highest BCUT2D eigenvalue weighted by atomic mass is 16.5. The molecule has 0 aromatic carbocycles. The van der Waals surface area contributed by atoms with Crippen molar-refractivity contribution in [1.29, 1.82) is 0 Å². The van der Waals surface area contributed by atoms with Crippen LogP contribution in [0.4, 0.5) is 0 Å². The topological polar surface area (TPSA) is 68.4 Å². The fourth-order valence-corrected chi connectivity index (χ4v) is 1.53. The van der Waals surface area contributed by atoms with Gasteiger partial charge in [0.15, 0.2) is 0 Å². The Hall–Kier alpha value is -0.970. The molecule has 0 radical (unpaired) electrons. The van der Waals surface area contributed by atoms with Crippen LogP contribution in [0.3, 0.4) is 0 Å². The summed E-state index contributed by atoms with van der Waals surface area (Å²) in [4.78, 5) is 4.05. The Labute approximate surface area is 76.4 Å². The van der Waals surface area contributed by atoms with E-state index in [4.69, 9.17) is 15.6 Å². The smallest absolute Gasteiger partial charge is 0.0740 e. The second kappa shape index (κ2) is 3.41. The standard InChI is InChI=1S/C9H12N2O2/c10-9(3-12)7-2-11-1-6-4-13-5-8(6)7/h1-2,9,12H,3-5,10H2. The molecule has 2 heterocycles. The molecule has 2 rings (SSSR count). The molecule has 1 unspecified atom stereocenters. The molecule has 4 heteroatoms. The summed E-state index contributed by atoms with van der Waals surface area (Å²) in [5.74, 6) is 0. The first kappa shape index (κ1) is 8.62. The van der Waals surface area contributed by atoms with Gasteiger partial charge in [0.1, 0.15) is 0 Å². The summed E-state index contributed by atoms with van der Waals surface area (Å²) < 4.78 is 5.27. The molecule has 1 aliphatic rings. The van der Waals surface area contributed by atoms with E-state index in [9.17, 15) is 0 Å². The van der Waals surface area contributed by atoms with Crippen molar-refractivity contribution in [3.8, 4) is 0 Å². The number of nitrogens with two attached hydrogens (primary N) is 1. The number of ether oxygens (including phenoxy) is 1. The van der Waals surface area contributed by atoms with Gasteiger partial charge in [-0.05, 0) is 11.1 Å². The lowest BCUT2D eigenvalue weighted by Gasteiger charge is -2.11. The van der Waals surface area contributed by atoms with E-state index >= 15 is 0 Å². The predicted octanol–water partition coefficient (Wildman–Crippen LogP) is 0.104. The molecule has 0 amide bonds. The summed E-state index contributed by atoms with van der Waals surface area (Å²) in [6.07, 6.45) is 3.49. The second-order valence-electron chi connectivity index (χ2n) is 3.15. The van der Waals surface area contributed by atoms with E-state index in [0.717, 1.165) is 16.7 Å². The van der Waals surface area contributed by atoms with Crippen LogP contribution < -0.4 is 5.73 Å². The van der Waals surface area contributed by atoms with Gasteiger partial charge in [-0.25, -0.2) is 0 Å². The fourth-order valence-electron chi connectivity index (χ4n) is 1.53. The van der Waals surface area contributed by atoms with Crippen LogP contribution in [0.1, 0.15) is 22.7 Å². The van der Waals surface area contributed by atoms with Crippen molar-refractivity contribution in [2.75, 3.05) is 6.61 Å². The zero-order chi connectivity index (χ0) is 9.26. The maximum atomic E-state index is 8.93. The van der Waals surface area contributed by atoms with Crippen molar-refractivity contribution in [1.82, 2.24) is 4.98 Å². The first-order chi connectivity index (χ1) is 6.33. The highest BCUT2D eigenvalue weighted by Gasteiger charge is 2.18. The minimum Gasteiger partial charge on any atom is -0.394 e. The molecule has 1 aliphatic heterocycles. The number of hydrogen-bond acceptors (Lipinski definition) is 4. The summed E-state index contributed by atoms with van der Waals surface area (Å²) in [7, 11) is 0. The Balaban J connectivity index is 2.41. The van der Waals surface area contributed by atoms with Crippen molar-refractivity contribution in [2.45, 2.75) is 19.3 Å². The molecule has 3 N–H and O–H groups in total. The molecule has 1 aromatic heterocycles. The molecular formula is C9H12N2O2. The maximum absolute atomic E-state index is 8.93. The molecule has 0 saturated carbocycles. The molecular weight excluding hydrogens is 168 g/mol. The summed E-state index contributed by atoms with van der Waals surface area (Å²) in [6.45, 7) is 1.13. The first-order valence-corrected chi connectivity index (χ1v) is 4.22. The number of aliphatic hydroxyl groups excluding tert-OH is 1. The number of nitrogens with zero attached hydrogens (tertiary/aromatic N) is 1. The van der Waals surface area contributed by atoms with Crippen LogP contribution in [-0.2, 0) is 18.0 Å². The van der Waals surface area contributed by atoms with Crippen LogP contribution in [0.25, 0.3) is 0 Å². The lowest BCUT2D eigenvalue weighted by Crippen LogP contribution is -2.16. The summed E-state index contributed by atoms with van der Waals surface area (Å²) in [5, 5.41) is 8.93. The van der Waals surface area contributed by atoms with E-state index in [1.54, 1.807) is 12.4 Å². The number of aromatic nitrogens is 1. The van der Waals surface area contributed by atoms with Crippen LogP contribution >= 0.6 is 0 Å². The van der Waals surface area contributed by atoms with Gasteiger partial charge in [0.2, 0.25) is 0 Å². The van der Waals surface area contributed by atoms with Crippen molar-refractivity contribution in [2.24, 2.45) is 5.73 Å². The van der Waals surface area contributed by atoms with E-state index in [2.05, 4.69) is 4.98 Å². The van der Waals surface area contributed by atoms with E-state index < -0.39 is 0 Å². The van der Waals surface area contributed by atoms with Gasteiger partial charge >= 0.3 is 0 Å². The molecule has 13 heavy (non-hydrogen) atoms. The molecule has 70 valence electrons. The molecule has 0 aliphatic carbocycles. The quantitative estimate of drug-likeness (QED) is 0.677. The molecule has 0 bridgehead atoms. The third-order valence-electron chi connectivity index (χ3n) is 2.28. The van der Waals surface area contributed by atoms with Gasteiger partial charge < -0.3 is 15.6 Å². The third-order valence-corrected chi connectivity index (χ3v) is 2.28. The summed E-state index contributed by atoms with van der Waals surface area (Å²) >= 11 is 0. The Morgan fingerprint density at radius 1 is 1.54 bits per heavy atom. The minimum absolute atomic E-state index is 0.0574. The van der Waals surface area contributed by atoms with Gasteiger partial charge in [0, 0.05) is 18.0 Å². The maximum Gasteiger partial charge on any atom is 0.0740 e. The summed E-state index contributed by atoms with van der Waals surface area (Å²) in [5.41, 5.74) is 8.80. The van der Waals surface area contributed by atoms with Crippen LogP contribution in [0.5, 0.6) is 0 Å². The minimum atomic E-state index is -0.343. The average molecular weight is 180 g/mol. The molecule has 0 saturated heterocycles. The van der Waals surface area contributed by atoms with E-state index in [-0.39, 0.29) is 12.6 Å². The van der Waals surface area contributed by atoms with Gasteiger partial charge in [-0.2, -0.15) is 0 Å². The van der Waals surface area contributed by atoms with Gasteiger partial charge in [-0.15, -0.1) is 0 Å². The monoisotopic (exact) mass is 180 g/mol. The normalized spacial score (nSPS) is 17.1. The molecule has 1 atom stereocenters. The van der Waals surface area contributed by atoms with Gasteiger partial charge in [0.25, 0.3) is 0 Å². The van der Waals surface area contributed by atoms with Crippen molar-refractivity contribution < 1.29 is 9.84 Å². The van der Waals surface area contributed by atoms with Gasteiger partial charge in [-0.1, -0.05) is 0 Å². The summed E-state index contributed by atoms with van der Waals surface area (Å²) in [6, 6.07) is -0.343. The van der Waals surface area contributed by atoms with Crippen molar-refractivity contribution >= 4 is 0 Å². The molecule has 1 aromatic rings. The number of aliphatic hydroxyl groups is 1. The Kier molecular flexibility index (Phi) is 2.26. The van der Waals surface area contributed by atoms with E-state index in [1.165, 1.54) is 0 Å². The number of rotatable bonds is 2. The lowest BCUT2D eigenvalue weighted by molar-refractivity contribution is 0.134. The van der Waals surface area contributed by atoms with Gasteiger partial charge in [0.05, 0.1) is 25.9 Å². The highest BCUT2D eigenvalue weighted by molar-refractivity contribution is 5.35. The molecule has 0 spiro atoms. The van der Waals surface area contributed by atoms with Gasteiger partial charge in [-0.3, -0.25) is 4.98 Å². The number of fused-ring (bicyclic) bond motifs is 1. The molecule has 4 nitrogen and oxygen atoms in total. The van der Waals surface area contributed by atoms with E-state index in [0.29, 0.717) is 13.2 Å². The lowest BCUT2D eigenvalue weighted by atomic mass is 10.0. The Bertz CT molecular complexity index is 314. The number of hydrogen-bond donors (Lipinski definition) is 2. The Morgan fingerprint density at radius 2 is 2.38 bits per heavy atom. The molecule has 0 fully saturated rings. The average Bonchev–Trinajstić information content (AvgIpc) is 2.63. The largest absolute Gasteiger partial charge is 0.394 e. The SMILES string of the molecule is NC(CO)c1cncc2c1COC2. The number of pyridine rings is 1. The highest BCUT2D eigenvalue weighted by Crippen LogP contribution is 2.25. The van der Waals surface area contributed by atoms with Crippen LogP contribution in [0, 0.1) is 0 Å².